The molecule has 0 radical (unpaired) electrons. The van der Waals surface area contributed by atoms with Gasteiger partial charge in [-0.05, 0) is 36.4 Å². The molecule has 0 aromatic heterocycles. The summed E-state index contributed by atoms with van der Waals surface area (Å²) in [5.74, 6) is 0.787. The maximum Gasteiger partial charge on any atom is 0.192 e. The molecule has 1 heterocycles. The lowest BCUT2D eigenvalue weighted by Crippen LogP contribution is -2.46. The molecule has 0 N–H and O–H groups in total. The first kappa shape index (κ1) is 21.8. The zero-order valence-electron chi connectivity index (χ0n) is 16.9. The lowest BCUT2D eigenvalue weighted by Gasteiger charge is -2.42. The molecule has 0 aromatic rings. The van der Waals surface area contributed by atoms with Crippen LogP contribution >= 0.6 is 0 Å². The third-order valence-corrected chi connectivity index (χ3v) is 10.2. The Labute approximate surface area is 150 Å². The monoisotopic (exact) mass is 358 g/mol. The van der Waals surface area contributed by atoms with Crippen molar-refractivity contribution in [3.05, 3.63) is 12.7 Å². The number of rotatable bonds is 8. The van der Waals surface area contributed by atoms with Gasteiger partial charge in [-0.25, -0.2) is 0 Å². The Morgan fingerprint density at radius 2 is 1.67 bits per heavy atom. The maximum atomic E-state index is 6.74. The topological polar surface area (TPSA) is 36.9 Å². The van der Waals surface area contributed by atoms with Crippen LogP contribution in [-0.4, -0.2) is 41.2 Å². The van der Waals surface area contributed by atoms with Gasteiger partial charge < -0.3 is 18.6 Å². The zero-order chi connectivity index (χ0) is 18.5. The first-order valence-corrected chi connectivity index (χ1v) is 12.0. The highest BCUT2D eigenvalue weighted by Gasteiger charge is 2.41. The van der Waals surface area contributed by atoms with Gasteiger partial charge in [0.1, 0.15) is 0 Å². The normalized spacial score (nSPS) is 28.4. The van der Waals surface area contributed by atoms with Crippen molar-refractivity contribution >= 4 is 8.32 Å². The van der Waals surface area contributed by atoms with E-state index in [0.29, 0.717) is 11.8 Å². The summed E-state index contributed by atoms with van der Waals surface area (Å²) in [4.78, 5) is 0. The Kier molecular flexibility index (Phi) is 8.14. The largest absolute Gasteiger partial charge is 0.413 e. The molecule has 0 unspecified atom stereocenters. The summed E-state index contributed by atoms with van der Waals surface area (Å²) in [6, 6.07) is 0. The average molecular weight is 359 g/mol. The van der Waals surface area contributed by atoms with Gasteiger partial charge in [0.25, 0.3) is 0 Å². The molecule has 4 nitrogen and oxygen atoms in total. The predicted molar refractivity (Wildman–Crippen MR) is 101 cm³/mol. The van der Waals surface area contributed by atoms with Gasteiger partial charge in [0, 0.05) is 27.1 Å². The van der Waals surface area contributed by atoms with E-state index in [0.717, 1.165) is 19.3 Å². The summed E-state index contributed by atoms with van der Waals surface area (Å²) >= 11 is 0. The van der Waals surface area contributed by atoms with E-state index in [4.69, 9.17) is 18.6 Å². The van der Waals surface area contributed by atoms with Gasteiger partial charge in [-0.15, -0.1) is 6.58 Å². The van der Waals surface area contributed by atoms with E-state index < -0.39 is 8.32 Å². The molecule has 0 aromatic carbocycles. The van der Waals surface area contributed by atoms with Gasteiger partial charge in [-0.2, -0.15) is 0 Å². The minimum Gasteiger partial charge on any atom is -0.413 e. The van der Waals surface area contributed by atoms with Gasteiger partial charge in [0.05, 0.1) is 6.10 Å². The number of hydrogen-bond acceptors (Lipinski definition) is 4. The quantitative estimate of drug-likeness (QED) is 0.454. The van der Waals surface area contributed by atoms with Crippen molar-refractivity contribution in [1.29, 1.82) is 0 Å². The molecule has 1 aliphatic heterocycles. The first-order valence-electron chi connectivity index (χ1n) is 9.05. The van der Waals surface area contributed by atoms with Crippen LogP contribution in [0.1, 0.15) is 47.0 Å². The predicted octanol–water partition coefficient (Wildman–Crippen LogP) is 4.96. The molecule has 1 fully saturated rings. The fraction of sp³-hybridized carbons (Fsp3) is 0.895. The van der Waals surface area contributed by atoms with Crippen LogP contribution in [0.4, 0.5) is 0 Å². The molecule has 1 aliphatic rings. The van der Waals surface area contributed by atoms with Gasteiger partial charge in [0.15, 0.2) is 20.9 Å². The summed E-state index contributed by atoms with van der Waals surface area (Å²) < 4.78 is 23.3. The molecule has 24 heavy (non-hydrogen) atoms. The van der Waals surface area contributed by atoms with Gasteiger partial charge >= 0.3 is 0 Å². The molecule has 5 heteroatoms. The summed E-state index contributed by atoms with van der Waals surface area (Å²) in [5, 5.41) is 0.200. The highest BCUT2D eigenvalue weighted by Crippen LogP contribution is 2.40. The van der Waals surface area contributed by atoms with E-state index in [9.17, 15) is 0 Å². The van der Waals surface area contributed by atoms with Crippen LogP contribution in [0.25, 0.3) is 0 Å². The molecular formula is C19H38O4Si. The van der Waals surface area contributed by atoms with Crippen molar-refractivity contribution in [3.8, 4) is 0 Å². The number of hydrogen-bond donors (Lipinski definition) is 0. The van der Waals surface area contributed by atoms with Crippen molar-refractivity contribution in [3.63, 3.8) is 0 Å². The smallest absolute Gasteiger partial charge is 0.192 e. The van der Waals surface area contributed by atoms with Crippen molar-refractivity contribution in [1.82, 2.24) is 0 Å². The first-order chi connectivity index (χ1) is 11.0. The summed E-state index contributed by atoms with van der Waals surface area (Å²) in [6.45, 7) is 17.7. The van der Waals surface area contributed by atoms with Crippen LogP contribution in [0, 0.1) is 11.8 Å². The Balaban J connectivity index is 2.84. The Bertz CT molecular complexity index is 379. The van der Waals surface area contributed by atoms with Gasteiger partial charge in [0.2, 0.25) is 0 Å². The molecule has 142 valence electrons. The van der Waals surface area contributed by atoms with Crippen LogP contribution in [0.3, 0.4) is 0 Å². The molecule has 0 amide bonds. The molecule has 0 bridgehead atoms. The van der Waals surface area contributed by atoms with Crippen LogP contribution in [0.15, 0.2) is 12.7 Å². The molecule has 1 saturated heterocycles. The lowest BCUT2D eigenvalue weighted by molar-refractivity contribution is -0.264. The third kappa shape index (κ3) is 5.95. The Morgan fingerprint density at radius 1 is 1.17 bits per heavy atom. The van der Waals surface area contributed by atoms with Crippen LogP contribution < -0.4 is 0 Å². The molecule has 1 rings (SSSR count). The minimum atomic E-state index is -1.82. The second-order valence-corrected chi connectivity index (χ2v) is 13.3. The maximum absolute atomic E-state index is 6.74. The number of methoxy groups -OCH3 is 2. The highest BCUT2D eigenvalue weighted by atomic mass is 28.4. The fourth-order valence-electron chi connectivity index (χ4n) is 2.82. The van der Waals surface area contributed by atoms with Crippen LogP contribution in [0.5, 0.6) is 0 Å². The second-order valence-electron chi connectivity index (χ2n) is 8.55. The van der Waals surface area contributed by atoms with Crippen molar-refractivity contribution < 1.29 is 18.6 Å². The van der Waals surface area contributed by atoms with Crippen LogP contribution in [-0.2, 0) is 18.6 Å². The summed E-state index contributed by atoms with van der Waals surface area (Å²) in [7, 11) is 1.56. The van der Waals surface area contributed by atoms with E-state index in [1.54, 1.807) is 14.2 Å². The molecule has 0 spiro atoms. The number of ether oxygens (including phenoxy) is 3. The van der Waals surface area contributed by atoms with Crippen molar-refractivity contribution in [2.24, 2.45) is 11.8 Å². The molecular weight excluding hydrogens is 320 g/mol. The molecule has 0 aliphatic carbocycles. The third-order valence-electron chi connectivity index (χ3n) is 5.66. The Hall–Kier alpha value is -0.203. The summed E-state index contributed by atoms with van der Waals surface area (Å²) in [6.07, 6.45) is 4.57. The fourth-order valence-corrected chi connectivity index (χ4v) is 4.24. The highest BCUT2D eigenvalue weighted by molar-refractivity contribution is 6.74. The minimum absolute atomic E-state index is 0.182. The zero-order valence-corrected chi connectivity index (χ0v) is 17.9. The van der Waals surface area contributed by atoms with Crippen LogP contribution in [0.2, 0.25) is 18.1 Å². The second kappa shape index (κ2) is 8.95. The average Bonchev–Trinajstić information content (AvgIpc) is 2.51. The molecule has 4 atom stereocenters. The van der Waals surface area contributed by atoms with E-state index in [1.165, 1.54) is 0 Å². The SMILES string of the molecule is C=C[C@@H](C)[C@@H](CC1C[C@@H](OC)O[C@H](OC)C1)O[Si](C)(C)C(C)(C)C. The lowest BCUT2D eigenvalue weighted by atomic mass is 9.88. The molecule has 0 saturated carbocycles. The van der Waals surface area contributed by atoms with E-state index >= 15 is 0 Å². The van der Waals surface area contributed by atoms with Gasteiger partial charge in [-0.3, -0.25) is 0 Å². The summed E-state index contributed by atoms with van der Waals surface area (Å²) in [5.41, 5.74) is 0. The Morgan fingerprint density at radius 3 is 2.04 bits per heavy atom. The van der Waals surface area contributed by atoms with Crippen molar-refractivity contribution in [2.75, 3.05) is 14.2 Å². The van der Waals surface area contributed by atoms with Gasteiger partial charge in [-0.1, -0.05) is 33.8 Å². The van der Waals surface area contributed by atoms with E-state index in [2.05, 4.69) is 47.4 Å². The van der Waals surface area contributed by atoms with E-state index in [-0.39, 0.29) is 23.7 Å². The van der Waals surface area contributed by atoms with Crippen molar-refractivity contribution in [2.45, 2.75) is 83.8 Å². The standard InChI is InChI=1S/C19H38O4Si/c1-10-14(2)16(23-24(8,9)19(3,4)5)11-15-12-17(20-6)22-18(13-15)21-7/h10,14-18H,1,11-13H2,2-9H3/t14-,16-,17+,18+/m1/s1. The van der Waals surface area contributed by atoms with E-state index in [1.807, 2.05) is 6.08 Å².